The number of para-hydroxylation sites is 1. The number of piperazine rings is 1. The minimum atomic E-state index is 0.0726. The second-order valence-corrected chi connectivity index (χ2v) is 6.14. The van der Waals surface area contributed by atoms with Crippen LogP contribution in [-0.4, -0.2) is 49.0 Å². The van der Waals surface area contributed by atoms with Crippen LogP contribution in [0, 0.1) is 0 Å². The Morgan fingerprint density at radius 1 is 1.00 bits per heavy atom. The average Bonchev–Trinajstić information content (AvgIpc) is 2.88. The molecule has 5 nitrogen and oxygen atoms in total. The molecule has 1 amide bonds. The van der Waals surface area contributed by atoms with Crippen molar-refractivity contribution in [2.45, 2.75) is 0 Å². The van der Waals surface area contributed by atoms with Crippen LogP contribution in [0.3, 0.4) is 0 Å². The van der Waals surface area contributed by atoms with Crippen LogP contribution in [-0.2, 0) is 4.79 Å². The maximum atomic E-state index is 12.5. The highest BCUT2D eigenvalue weighted by Crippen LogP contribution is 2.35. The number of likely N-dealkylation sites (N-methyl/N-ethyl adjacent to an activating group) is 1. The monoisotopic (exact) mass is 320 g/mol. The van der Waals surface area contributed by atoms with Gasteiger partial charge in [-0.05, 0) is 18.2 Å². The van der Waals surface area contributed by atoms with Crippen LogP contribution in [0.15, 0.2) is 54.9 Å². The van der Waals surface area contributed by atoms with Crippen LogP contribution in [0.4, 0.5) is 11.5 Å². The number of benzene rings is 1. The van der Waals surface area contributed by atoms with Crippen molar-refractivity contribution >= 4 is 23.0 Å². The van der Waals surface area contributed by atoms with Gasteiger partial charge in [0.2, 0.25) is 0 Å². The van der Waals surface area contributed by atoms with Crippen molar-refractivity contribution in [3.05, 3.63) is 60.4 Å². The molecule has 1 fully saturated rings. The van der Waals surface area contributed by atoms with Gasteiger partial charge < -0.3 is 14.7 Å². The molecule has 0 unspecified atom stereocenters. The van der Waals surface area contributed by atoms with Crippen LogP contribution in [0.2, 0.25) is 0 Å². The lowest BCUT2D eigenvalue weighted by atomic mass is 10.1. The molecule has 2 aliphatic heterocycles. The van der Waals surface area contributed by atoms with Gasteiger partial charge in [0.05, 0.1) is 11.3 Å². The normalized spacial score (nSPS) is 19.1. The van der Waals surface area contributed by atoms with Gasteiger partial charge in [0, 0.05) is 51.2 Å². The summed E-state index contributed by atoms with van der Waals surface area (Å²) in [5.41, 5.74) is 2.80. The lowest BCUT2D eigenvalue weighted by Gasteiger charge is -2.35. The first-order valence-electron chi connectivity index (χ1n) is 8.23. The first-order valence-corrected chi connectivity index (χ1v) is 8.23. The fourth-order valence-corrected chi connectivity index (χ4v) is 3.33. The summed E-state index contributed by atoms with van der Waals surface area (Å²) in [5.74, 6) is 1.09. The highest BCUT2D eigenvalue weighted by molar-refractivity contribution is 6.32. The molecule has 122 valence electrons. The predicted molar refractivity (Wildman–Crippen MR) is 95.9 cm³/mol. The highest BCUT2D eigenvalue weighted by atomic mass is 16.2. The zero-order valence-electron chi connectivity index (χ0n) is 13.7. The number of carbonyl (C=O) groups is 1. The van der Waals surface area contributed by atoms with Crippen molar-refractivity contribution in [1.29, 1.82) is 0 Å². The SMILES string of the molecule is CN1C(=O)/C(=C\N2CCN(c3ccccn3)CC2)c2ccccc21. The molecule has 0 saturated carbocycles. The minimum absolute atomic E-state index is 0.0726. The number of pyridine rings is 1. The molecule has 3 heterocycles. The number of carbonyl (C=O) groups excluding carboxylic acids is 1. The predicted octanol–water partition coefficient (Wildman–Crippen LogP) is 2.22. The summed E-state index contributed by atoms with van der Waals surface area (Å²) >= 11 is 0. The van der Waals surface area contributed by atoms with Crippen molar-refractivity contribution in [3.63, 3.8) is 0 Å². The molecular formula is C19H20N4O. The van der Waals surface area contributed by atoms with E-state index in [0.717, 1.165) is 48.8 Å². The number of hydrogen-bond donors (Lipinski definition) is 0. The van der Waals surface area contributed by atoms with Crippen molar-refractivity contribution in [3.8, 4) is 0 Å². The molecule has 0 bridgehead atoms. The van der Waals surface area contributed by atoms with Gasteiger partial charge in [0.15, 0.2) is 0 Å². The standard InChI is InChI=1S/C19H20N4O/c1-21-17-7-3-2-6-15(17)16(19(21)24)14-22-10-12-23(13-11-22)18-8-4-5-9-20-18/h2-9,14H,10-13H2,1H3/b16-14-. The Balaban J connectivity index is 1.51. The maximum Gasteiger partial charge on any atom is 0.260 e. The molecule has 0 N–H and O–H groups in total. The molecule has 0 spiro atoms. The van der Waals surface area contributed by atoms with E-state index in [4.69, 9.17) is 0 Å². The molecule has 2 aromatic rings. The third-order valence-electron chi connectivity index (χ3n) is 4.69. The Hall–Kier alpha value is -2.82. The van der Waals surface area contributed by atoms with Gasteiger partial charge in [-0.15, -0.1) is 0 Å². The maximum absolute atomic E-state index is 12.5. The lowest BCUT2D eigenvalue weighted by molar-refractivity contribution is -0.112. The number of amides is 1. The van der Waals surface area contributed by atoms with Gasteiger partial charge in [-0.2, -0.15) is 0 Å². The number of hydrogen-bond acceptors (Lipinski definition) is 4. The van der Waals surface area contributed by atoms with E-state index in [1.807, 2.05) is 61.9 Å². The Kier molecular flexibility index (Phi) is 3.69. The molecule has 0 aliphatic carbocycles. The van der Waals surface area contributed by atoms with E-state index in [0.29, 0.717) is 0 Å². The lowest BCUT2D eigenvalue weighted by Crippen LogP contribution is -2.44. The third-order valence-corrected chi connectivity index (χ3v) is 4.69. The molecular weight excluding hydrogens is 300 g/mol. The summed E-state index contributed by atoms with van der Waals surface area (Å²) in [4.78, 5) is 23.2. The molecule has 0 radical (unpaired) electrons. The van der Waals surface area contributed by atoms with E-state index in [-0.39, 0.29) is 5.91 Å². The molecule has 24 heavy (non-hydrogen) atoms. The molecule has 4 rings (SSSR count). The molecule has 1 saturated heterocycles. The number of rotatable bonds is 2. The minimum Gasteiger partial charge on any atom is -0.373 e. The Labute approximate surface area is 141 Å². The fourth-order valence-electron chi connectivity index (χ4n) is 3.33. The zero-order chi connectivity index (χ0) is 16.5. The summed E-state index contributed by atoms with van der Waals surface area (Å²) in [6.45, 7) is 3.59. The van der Waals surface area contributed by atoms with Gasteiger partial charge in [-0.1, -0.05) is 24.3 Å². The van der Waals surface area contributed by atoms with E-state index in [1.165, 1.54) is 0 Å². The number of aromatic nitrogens is 1. The van der Waals surface area contributed by atoms with Crippen LogP contribution >= 0.6 is 0 Å². The quantitative estimate of drug-likeness (QED) is 0.796. The highest BCUT2D eigenvalue weighted by Gasteiger charge is 2.30. The summed E-state index contributed by atoms with van der Waals surface area (Å²) in [6.07, 6.45) is 3.86. The van der Waals surface area contributed by atoms with Gasteiger partial charge >= 0.3 is 0 Å². The topological polar surface area (TPSA) is 39.7 Å². The second kappa shape index (κ2) is 6.00. The molecule has 0 atom stereocenters. The Morgan fingerprint density at radius 2 is 1.75 bits per heavy atom. The van der Waals surface area contributed by atoms with Gasteiger partial charge in [-0.3, -0.25) is 4.79 Å². The fraction of sp³-hybridized carbons (Fsp3) is 0.263. The zero-order valence-corrected chi connectivity index (χ0v) is 13.7. The van der Waals surface area contributed by atoms with Crippen molar-refractivity contribution in [2.24, 2.45) is 0 Å². The van der Waals surface area contributed by atoms with Crippen LogP contribution in [0.25, 0.3) is 5.57 Å². The van der Waals surface area contributed by atoms with Crippen LogP contribution in [0.5, 0.6) is 0 Å². The summed E-state index contributed by atoms with van der Waals surface area (Å²) in [7, 11) is 1.83. The average molecular weight is 320 g/mol. The van der Waals surface area contributed by atoms with E-state index in [1.54, 1.807) is 4.90 Å². The third kappa shape index (κ3) is 2.52. The molecule has 5 heteroatoms. The van der Waals surface area contributed by atoms with E-state index < -0.39 is 0 Å². The smallest absolute Gasteiger partial charge is 0.260 e. The van der Waals surface area contributed by atoms with E-state index in [9.17, 15) is 4.79 Å². The van der Waals surface area contributed by atoms with E-state index in [2.05, 4.69) is 14.8 Å². The number of nitrogens with zero attached hydrogens (tertiary/aromatic N) is 4. The van der Waals surface area contributed by atoms with Gasteiger partial charge in [0.25, 0.3) is 5.91 Å². The second-order valence-electron chi connectivity index (χ2n) is 6.14. The molecule has 1 aromatic heterocycles. The van der Waals surface area contributed by atoms with Crippen LogP contribution < -0.4 is 9.80 Å². The van der Waals surface area contributed by atoms with Gasteiger partial charge in [-0.25, -0.2) is 4.98 Å². The summed E-state index contributed by atoms with van der Waals surface area (Å²) in [5, 5.41) is 0. The van der Waals surface area contributed by atoms with Gasteiger partial charge in [0.1, 0.15) is 5.82 Å². The van der Waals surface area contributed by atoms with Crippen molar-refractivity contribution in [2.75, 3.05) is 43.0 Å². The molecule has 2 aliphatic rings. The first kappa shape index (κ1) is 14.8. The Morgan fingerprint density at radius 3 is 2.50 bits per heavy atom. The molecule has 1 aromatic carbocycles. The largest absolute Gasteiger partial charge is 0.373 e. The van der Waals surface area contributed by atoms with Crippen LogP contribution in [0.1, 0.15) is 5.56 Å². The first-order chi connectivity index (χ1) is 11.7. The summed E-state index contributed by atoms with van der Waals surface area (Å²) < 4.78 is 0. The van der Waals surface area contributed by atoms with Crippen molar-refractivity contribution < 1.29 is 4.79 Å². The van der Waals surface area contributed by atoms with E-state index >= 15 is 0 Å². The summed E-state index contributed by atoms with van der Waals surface area (Å²) in [6, 6.07) is 14.0. The number of anilines is 2. The number of fused-ring (bicyclic) bond motifs is 1. The Bertz CT molecular complexity index is 779. The van der Waals surface area contributed by atoms with Crippen molar-refractivity contribution in [1.82, 2.24) is 9.88 Å².